The first-order chi connectivity index (χ1) is 12.7. The van der Waals surface area contributed by atoms with Crippen molar-refractivity contribution in [3.63, 3.8) is 0 Å². The van der Waals surface area contributed by atoms with Gasteiger partial charge in [-0.15, -0.1) is 0 Å². The number of nitrogens with zero attached hydrogens (tertiary/aromatic N) is 1. The van der Waals surface area contributed by atoms with Crippen molar-refractivity contribution in [1.82, 2.24) is 5.32 Å². The molecule has 2 amide bonds. The number of carbonyl (C=O) groups is 2. The summed E-state index contributed by atoms with van der Waals surface area (Å²) in [6, 6.07) is 12.3. The van der Waals surface area contributed by atoms with Crippen molar-refractivity contribution in [3.05, 3.63) is 64.2 Å². The van der Waals surface area contributed by atoms with Crippen LogP contribution in [-0.2, 0) is 4.79 Å². The van der Waals surface area contributed by atoms with Gasteiger partial charge in [0.05, 0.1) is 4.92 Å². The summed E-state index contributed by atoms with van der Waals surface area (Å²) in [6.07, 6.45) is 0. The Balaban J connectivity index is 1.99. The minimum atomic E-state index is -0.579. The molecule has 0 aliphatic heterocycles. The van der Waals surface area contributed by atoms with Crippen LogP contribution in [0.15, 0.2) is 48.5 Å². The predicted molar refractivity (Wildman–Crippen MR) is 101 cm³/mol. The largest absolute Gasteiger partial charge is 0.477 e. The van der Waals surface area contributed by atoms with Gasteiger partial charge < -0.3 is 15.4 Å². The fourth-order valence-corrected chi connectivity index (χ4v) is 2.22. The number of benzene rings is 2. The number of carbonyl (C=O) groups excluding carboxylic acids is 2. The zero-order chi connectivity index (χ0) is 20.0. The molecule has 8 heteroatoms. The van der Waals surface area contributed by atoms with E-state index in [0.717, 1.165) is 0 Å². The van der Waals surface area contributed by atoms with Gasteiger partial charge in [-0.1, -0.05) is 18.2 Å². The van der Waals surface area contributed by atoms with Gasteiger partial charge in [-0.05, 0) is 45.0 Å². The van der Waals surface area contributed by atoms with Gasteiger partial charge in [0, 0.05) is 22.9 Å². The van der Waals surface area contributed by atoms with E-state index in [4.69, 9.17) is 4.74 Å². The molecule has 0 aromatic heterocycles. The Kier molecular flexibility index (Phi) is 6.12. The lowest BCUT2D eigenvalue weighted by Gasteiger charge is -2.20. The quantitative estimate of drug-likeness (QED) is 0.599. The third-order valence-corrected chi connectivity index (χ3v) is 3.32. The maximum absolute atomic E-state index is 12.2. The predicted octanol–water partition coefficient (Wildman–Crippen LogP) is 3.14. The minimum Gasteiger partial charge on any atom is -0.477 e. The number of rotatable bonds is 6. The molecule has 142 valence electrons. The molecule has 2 aromatic rings. The molecule has 0 atom stereocenters. The topological polar surface area (TPSA) is 111 Å². The molecular weight excluding hydrogens is 350 g/mol. The lowest BCUT2D eigenvalue weighted by molar-refractivity contribution is -0.385. The van der Waals surface area contributed by atoms with E-state index < -0.39 is 17.4 Å². The second-order valence-corrected chi connectivity index (χ2v) is 6.85. The molecule has 0 aliphatic rings. The van der Waals surface area contributed by atoms with Crippen LogP contribution in [0.2, 0.25) is 0 Å². The fraction of sp³-hybridized carbons (Fsp3) is 0.263. The van der Waals surface area contributed by atoms with Crippen molar-refractivity contribution >= 4 is 23.2 Å². The number of nitro benzene ring substituents is 1. The third kappa shape index (κ3) is 6.10. The highest BCUT2D eigenvalue weighted by Crippen LogP contribution is 2.25. The van der Waals surface area contributed by atoms with Gasteiger partial charge in [-0.25, -0.2) is 0 Å². The molecule has 2 aromatic carbocycles. The Morgan fingerprint density at radius 2 is 1.81 bits per heavy atom. The van der Waals surface area contributed by atoms with Crippen molar-refractivity contribution in [2.45, 2.75) is 26.3 Å². The molecule has 0 saturated carbocycles. The summed E-state index contributed by atoms with van der Waals surface area (Å²) in [5, 5.41) is 16.4. The van der Waals surface area contributed by atoms with Crippen LogP contribution in [0.3, 0.4) is 0 Å². The van der Waals surface area contributed by atoms with E-state index in [1.807, 2.05) is 20.8 Å². The summed E-state index contributed by atoms with van der Waals surface area (Å²) < 4.78 is 5.24. The van der Waals surface area contributed by atoms with Crippen molar-refractivity contribution in [1.29, 1.82) is 0 Å². The zero-order valence-electron chi connectivity index (χ0n) is 15.3. The number of anilines is 1. The molecule has 8 nitrogen and oxygen atoms in total. The van der Waals surface area contributed by atoms with Gasteiger partial charge in [0.2, 0.25) is 0 Å². The van der Waals surface area contributed by atoms with E-state index in [9.17, 15) is 19.7 Å². The van der Waals surface area contributed by atoms with E-state index in [2.05, 4.69) is 10.6 Å². The van der Waals surface area contributed by atoms with Crippen LogP contribution in [0.25, 0.3) is 0 Å². The number of nitro groups is 1. The lowest BCUT2D eigenvalue weighted by atomic mass is 10.1. The Hall–Kier alpha value is -3.42. The first-order valence-corrected chi connectivity index (χ1v) is 8.24. The van der Waals surface area contributed by atoms with Gasteiger partial charge in [0.1, 0.15) is 0 Å². The molecule has 0 aliphatic carbocycles. The van der Waals surface area contributed by atoms with Crippen molar-refractivity contribution in [3.8, 4) is 5.75 Å². The number of ether oxygens (including phenoxy) is 1. The summed E-state index contributed by atoms with van der Waals surface area (Å²) in [4.78, 5) is 34.6. The highest BCUT2D eigenvalue weighted by molar-refractivity contribution is 5.97. The summed E-state index contributed by atoms with van der Waals surface area (Å²) in [7, 11) is 0. The molecule has 2 rings (SSSR count). The first kappa shape index (κ1) is 19.9. The average Bonchev–Trinajstić information content (AvgIpc) is 2.59. The van der Waals surface area contributed by atoms with Crippen LogP contribution < -0.4 is 15.4 Å². The van der Waals surface area contributed by atoms with E-state index in [1.54, 1.807) is 30.3 Å². The van der Waals surface area contributed by atoms with Gasteiger partial charge in [0.25, 0.3) is 11.8 Å². The second kappa shape index (κ2) is 8.31. The van der Waals surface area contributed by atoms with Crippen LogP contribution in [0.1, 0.15) is 31.1 Å². The van der Waals surface area contributed by atoms with E-state index in [1.165, 1.54) is 18.2 Å². The molecule has 0 heterocycles. The van der Waals surface area contributed by atoms with E-state index in [-0.39, 0.29) is 22.9 Å². The van der Waals surface area contributed by atoms with Crippen molar-refractivity contribution in [2.24, 2.45) is 0 Å². The standard InChI is InChI=1S/C19H21N3O5/c1-19(2,3)21-18(24)13-7-6-8-14(11-13)20-17(23)12-27-16-10-5-4-9-15(16)22(25)26/h4-11H,12H2,1-3H3,(H,20,23)(H,21,24). The SMILES string of the molecule is CC(C)(C)NC(=O)c1cccc(NC(=O)COc2ccccc2[N+](=O)[O-])c1. The molecular formula is C19H21N3O5. The molecule has 0 radical (unpaired) electrons. The molecule has 0 spiro atoms. The fourth-order valence-electron chi connectivity index (χ4n) is 2.22. The Morgan fingerprint density at radius 1 is 1.11 bits per heavy atom. The van der Waals surface area contributed by atoms with Crippen LogP contribution in [0, 0.1) is 10.1 Å². The maximum Gasteiger partial charge on any atom is 0.310 e. The molecule has 0 bridgehead atoms. The minimum absolute atomic E-state index is 0.0101. The number of nitrogens with one attached hydrogen (secondary N) is 2. The highest BCUT2D eigenvalue weighted by Gasteiger charge is 2.17. The molecule has 0 unspecified atom stereocenters. The average molecular weight is 371 g/mol. The summed E-state index contributed by atoms with van der Waals surface area (Å²) in [6.45, 7) is 5.22. The number of hydrogen-bond donors (Lipinski definition) is 2. The molecule has 27 heavy (non-hydrogen) atoms. The van der Waals surface area contributed by atoms with Crippen LogP contribution in [0.4, 0.5) is 11.4 Å². The van der Waals surface area contributed by atoms with E-state index in [0.29, 0.717) is 11.3 Å². The first-order valence-electron chi connectivity index (χ1n) is 8.24. The summed E-state index contributed by atoms with van der Waals surface area (Å²) in [5.74, 6) is -0.743. The lowest BCUT2D eigenvalue weighted by Crippen LogP contribution is -2.40. The van der Waals surface area contributed by atoms with Crippen molar-refractivity contribution in [2.75, 3.05) is 11.9 Å². The summed E-state index contributed by atoms with van der Waals surface area (Å²) in [5.41, 5.74) is 0.232. The third-order valence-electron chi connectivity index (χ3n) is 3.32. The Labute approximate surface area is 156 Å². The Morgan fingerprint density at radius 3 is 2.48 bits per heavy atom. The molecule has 2 N–H and O–H groups in total. The van der Waals surface area contributed by atoms with Crippen LogP contribution in [0.5, 0.6) is 5.75 Å². The Bertz CT molecular complexity index is 858. The highest BCUT2D eigenvalue weighted by atomic mass is 16.6. The van der Waals surface area contributed by atoms with Gasteiger partial charge in [-0.3, -0.25) is 19.7 Å². The van der Waals surface area contributed by atoms with Gasteiger partial charge >= 0.3 is 5.69 Å². The number of para-hydroxylation sites is 2. The molecule has 0 fully saturated rings. The number of amides is 2. The number of hydrogen-bond acceptors (Lipinski definition) is 5. The summed E-state index contributed by atoms with van der Waals surface area (Å²) >= 11 is 0. The maximum atomic E-state index is 12.2. The van der Waals surface area contributed by atoms with Crippen molar-refractivity contribution < 1.29 is 19.2 Å². The second-order valence-electron chi connectivity index (χ2n) is 6.85. The normalized spacial score (nSPS) is 10.8. The molecule has 0 saturated heterocycles. The van der Waals surface area contributed by atoms with E-state index >= 15 is 0 Å². The van der Waals surface area contributed by atoms with Crippen LogP contribution >= 0.6 is 0 Å². The zero-order valence-corrected chi connectivity index (χ0v) is 15.3. The van der Waals surface area contributed by atoms with Gasteiger partial charge in [-0.2, -0.15) is 0 Å². The monoisotopic (exact) mass is 371 g/mol. The smallest absolute Gasteiger partial charge is 0.310 e. The van der Waals surface area contributed by atoms with Gasteiger partial charge in [0.15, 0.2) is 12.4 Å². The van der Waals surface area contributed by atoms with Crippen LogP contribution in [-0.4, -0.2) is 28.9 Å².